The van der Waals surface area contributed by atoms with Gasteiger partial charge in [-0.1, -0.05) is 97.1 Å². The van der Waals surface area contributed by atoms with E-state index in [2.05, 4.69) is 28.1 Å². The SMILES string of the molecule is CCNC(=O)Nc1cccc(C[C@H]2C[C@H](Cc3ccccc3)N(C[C@@H](O)C[C@H](Cc3ccccc3)C(=O)N[C@H]3c4ccccc4C[C@H]3O)C2=O)c1. The Morgan fingerprint density at radius 2 is 1.55 bits per heavy atom. The zero-order chi connectivity index (χ0) is 35.7. The summed E-state index contributed by atoms with van der Waals surface area (Å²) in [6, 6.07) is 34.2. The Kier molecular flexibility index (Phi) is 11.8. The summed E-state index contributed by atoms with van der Waals surface area (Å²) in [6.45, 7) is 2.48. The van der Waals surface area contributed by atoms with Crippen LogP contribution in [0.5, 0.6) is 0 Å². The molecule has 1 heterocycles. The number of likely N-dealkylation sites (tertiary alicyclic amines) is 1. The number of anilines is 1. The second-order valence-corrected chi connectivity index (χ2v) is 13.9. The normalized spacial score (nSPS) is 20.8. The molecule has 5 N–H and O–H groups in total. The number of rotatable bonds is 14. The molecule has 9 heteroatoms. The molecule has 6 rings (SSSR count). The third kappa shape index (κ3) is 9.22. The molecule has 1 fully saturated rings. The lowest BCUT2D eigenvalue weighted by Crippen LogP contribution is -2.43. The predicted octanol–water partition coefficient (Wildman–Crippen LogP) is 5.21. The molecule has 0 spiro atoms. The van der Waals surface area contributed by atoms with E-state index in [4.69, 9.17) is 0 Å². The molecule has 2 aliphatic rings. The average Bonchev–Trinajstić information content (AvgIpc) is 3.59. The Morgan fingerprint density at radius 1 is 0.863 bits per heavy atom. The first kappa shape index (κ1) is 35.8. The van der Waals surface area contributed by atoms with Crippen LogP contribution in [0.15, 0.2) is 109 Å². The minimum absolute atomic E-state index is 0.0215. The number of urea groups is 1. The summed E-state index contributed by atoms with van der Waals surface area (Å²) >= 11 is 0. The molecular formula is C42H48N4O5. The Bertz CT molecular complexity index is 1780. The van der Waals surface area contributed by atoms with Crippen LogP contribution in [0.1, 0.15) is 53.6 Å². The molecule has 4 aromatic rings. The highest BCUT2D eigenvalue weighted by Crippen LogP contribution is 2.33. The van der Waals surface area contributed by atoms with Crippen LogP contribution in [0.3, 0.4) is 0 Å². The second kappa shape index (κ2) is 16.8. The molecule has 4 amide bonds. The van der Waals surface area contributed by atoms with E-state index in [1.165, 1.54) is 0 Å². The Morgan fingerprint density at radius 3 is 2.29 bits per heavy atom. The van der Waals surface area contributed by atoms with Gasteiger partial charge in [-0.15, -0.1) is 0 Å². The molecule has 266 valence electrons. The van der Waals surface area contributed by atoms with Gasteiger partial charge in [0.15, 0.2) is 0 Å². The van der Waals surface area contributed by atoms with Gasteiger partial charge in [-0.05, 0) is 79.0 Å². The third-order valence-electron chi connectivity index (χ3n) is 10.1. The van der Waals surface area contributed by atoms with Gasteiger partial charge in [0.05, 0.1) is 18.2 Å². The van der Waals surface area contributed by atoms with Gasteiger partial charge < -0.3 is 31.1 Å². The molecule has 0 radical (unpaired) electrons. The molecule has 1 saturated heterocycles. The molecule has 6 atom stereocenters. The molecular weight excluding hydrogens is 640 g/mol. The number of β-amino-alcohol motifs (C(OH)–C–C–N with tert-alkyl or cyclic N) is 1. The lowest BCUT2D eigenvalue weighted by molar-refractivity contribution is -0.133. The van der Waals surface area contributed by atoms with Crippen molar-refractivity contribution in [3.05, 3.63) is 137 Å². The predicted molar refractivity (Wildman–Crippen MR) is 198 cm³/mol. The van der Waals surface area contributed by atoms with Crippen molar-refractivity contribution in [1.82, 2.24) is 15.5 Å². The number of amides is 4. The molecule has 0 aromatic heterocycles. The number of hydrogen-bond acceptors (Lipinski definition) is 5. The highest BCUT2D eigenvalue weighted by atomic mass is 16.3. The lowest BCUT2D eigenvalue weighted by Gasteiger charge is -2.29. The summed E-state index contributed by atoms with van der Waals surface area (Å²) in [5, 5.41) is 31.2. The number of nitrogens with zero attached hydrogens (tertiary/aromatic N) is 1. The van der Waals surface area contributed by atoms with E-state index in [1.807, 2.05) is 109 Å². The summed E-state index contributed by atoms with van der Waals surface area (Å²) in [5.41, 5.74) is 5.62. The summed E-state index contributed by atoms with van der Waals surface area (Å²) < 4.78 is 0. The maximum absolute atomic E-state index is 14.1. The van der Waals surface area contributed by atoms with Gasteiger partial charge in [0.2, 0.25) is 11.8 Å². The van der Waals surface area contributed by atoms with E-state index in [9.17, 15) is 24.6 Å². The molecule has 1 aliphatic heterocycles. The molecule has 0 bridgehead atoms. The Labute approximate surface area is 300 Å². The molecule has 1 aliphatic carbocycles. The van der Waals surface area contributed by atoms with Crippen LogP contribution in [0, 0.1) is 11.8 Å². The van der Waals surface area contributed by atoms with Crippen molar-refractivity contribution in [2.24, 2.45) is 11.8 Å². The number of fused-ring (bicyclic) bond motifs is 1. The highest BCUT2D eigenvalue weighted by molar-refractivity contribution is 5.89. The van der Waals surface area contributed by atoms with E-state index < -0.39 is 24.2 Å². The number of carbonyl (C=O) groups is 3. The zero-order valence-electron chi connectivity index (χ0n) is 29.1. The number of nitrogens with one attached hydrogen (secondary N) is 3. The van der Waals surface area contributed by atoms with Crippen LogP contribution in [0.4, 0.5) is 10.5 Å². The topological polar surface area (TPSA) is 131 Å². The minimum Gasteiger partial charge on any atom is -0.391 e. The summed E-state index contributed by atoms with van der Waals surface area (Å²) in [6.07, 6.45) is 1.16. The fraction of sp³-hybridized carbons (Fsp3) is 0.357. The van der Waals surface area contributed by atoms with Gasteiger partial charge in [0, 0.05) is 43.1 Å². The summed E-state index contributed by atoms with van der Waals surface area (Å²) in [5.74, 6) is -1.13. The summed E-state index contributed by atoms with van der Waals surface area (Å²) in [7, 11) is 0. The highest BCUT2D eigenvalue weighted by Gasteiger charge is 2.41. The Hall–Kier alpha value is -4.99. The van der Waals surface area contributed by atoms with Crippen LogP contribution in [0.2, 0.25) is 0 Å². The van der Waals surface area contributed by atoms with Crippen molar-refractivity contribution in [2.75, 3.05) is 18.4 Å². The lowest BCUT2D eigenvalue weighted by atomic mass is 9.91. The average molecular weight is 689 g/mol. The van der Waals surface area contributed by atoms with Crippen molar-refractivity contribution >= 4 is 23.5 Å². The van der Waals surface area contributed by atoms with E-state index in [-0.39, 0.29) is 42.8 Å². The first-order chi connectivity index (χ1) is 24.8. The number of aliphatic hydroxyl groups excluding tert-OH is 2. The summed E-state index contributed by atoms with van der Waals surface area (Å²) in [4.78, 5) is 42.0. The Balaban J connectivity index is 1.18. The van der Waals surface area contributed by atoms with Crippen molar-refractivity contribution in [1.29, 1.82) is 0 Å². The number of benzene rings is 4. The van der Waals surface area contributed by atoms with Crippen LogP contribution in [0.25, 0.3) is 0 Å². The van der Waals surface area contributed by atoms with Crippen molar-refractivity contribution < 1.29 is 24.6 Å². The molecule has 4 aromatic carbocycles. The van der Waals surface area contributed by atoms with Gasteiger partial charge in [-0.2, -0.15) is 0 Å². The van der Waals surface area contributed by atoms with Crippen LogP contribution < -0.4 is 16.0 Å². The smallest absolute Gasteiger partial charge is 0.319 e. The van der Waals surface area contributed by atoms with Gasteiger partial charge in [0.25, 0.3) is 0 Å². The number of hydrogen-bond donors (Lipinski definition) is 5. The fourth-order valence-corrected chi connectivity index (χ4v) is 7.69. The van der Waals surface area contributed by atoms with E-state index in [0.717, 1.165) is 27.8 Å². The zero-order valence-corrected chi connectivity index (χ0v) is 29.1. The second-order valence-electron chi connectivity index (χ2n) is 13.9. The largest absolute Gasteiger partial charge is 0.391 e. The number of aliphatic hydroxyl groups is 2. The molecule has 0 unspecified atom stereocenters. The quantitative estimate of drug-likeness (QED) is 0.124. The van der Waals surface area contributed by atoms with E-state index in [1.54, 1.807) is 0 Å². The standard InChI is InChI=1S/C42H48N4O5/c1-2-43-42(51)44-34-18-11-16-30(22-34)21-33-24-35(23-29-14-7-4-8-15-29)46(41(33)50)27-36(47)25-32(20-28-12-5-3-6-13-28)40(49)45-39-37-19-10-9-17-31(37)26-38(39)48/h3-19,22,32-33,35-36,38-39,47-48H,2,20-21,23-27H2,1H3,(H,45,49)(H2,43,44,51)/t32-,33-,35-,36-,38+,39-/m0/s1. The minimum atomic E-state index is -0.948. The van der Waals surface area contributed by atoms with Gasteiger partial charge in [-0.25, -0.2) is 4.79 Å². The van der Waals surface area contributed by atoms with Crippen molar-refractivity contribution in [3.63, 3.8) is 0 Å². The van der Waals surface area contributed by atoms with Crippen LogP contribution >= 0.6 is 0 Å². The third-order valence-corrected chi connectivity index (χ3v) is 10.1. The monoisotopic (exact) mass is 688 g/mol. The number of carbonyl (C=O) groups excluding carboxylic acids is 3. The van der Waals surface area contributed by atoms with Crippen LogP contribution in [-0.4, -0.2) is 64.3 Å². The molecule has 0 saturated carbocycles. The maximum atomic E-state index is 14.1. The van der Waals surface area contributed by atoms with Crippen LogP contribution in [-0.2, 0) is 35.3 Å². The van der Waals surface area contributed by atoms with Crippen molar-refractivity contribution in [3.8, 4) is 0 Å². The first-order valence-corrected chi connectivity index (χ1v) is 18.0. The van der Waals surface area contributed by atoms with Gasteiger partial charge in [0.1, 0.15) is 0 Å². The van der Waals surface area contributed by atoms with Gasteiger partial charge >= 0.3 is 6.03 Å². The van der Waals surface area contributed by atoms with E-state index >= 15 is 0 Å². The van der Waals surface area contributed by atoms with Gasteiger partial charge in [-0.3, -0.25) is 9.59 Å². The maximum Gasteiger partial charge on any atom is 0.319 e. The van der Waals surface area contributed by atoms with E-state index in [0.29, 0.717) is 44.3 Å². The molecule has 51 heavy (non-hydrogen) atoms. The fourth-order valence-electron chi connectivity index (χ4n) is 7.69. The first-order valence-electron chi connectivity index (χ1n) is 18.0. The van der Waals surface area contributed by atoms with Crippen molar-refractivity contribution in [2.45, 2.75) is 69.7 Å². The molecule has 9 nitrogen and oxygen atoms in total.